The van der Waals surface area contributed by atoms with Crippen LogP contribution in [0, 0.1) is 0 Å². The van der Waals surface area contributed by atoms with Crippen molar-refractivity contribution in [2.24, 2.45) is 0 Å². The monoisotopic (exact) mass is 267 g/mol. The molecule has 2 rings (SSSR count). The summed E-state index contributed by atoms with van der Waals surface area (Å²) in [5.74, 6) is -0.338. The van der Waals surface area contributed by atoms with Crippen molar-refractivity contribution in [3.8, 4) is 0 Å². The number of piperidine rings is 1. The number of aliphatic hydroxyl groups excluding tert-OH is 1. The highest BCUT2D eigenvalue weighted by atomic mass is 16.5. The zero-order valence-electron chi connectivity index (χ0n) is 11.2. The number of aryl methyl sites for hydroxylation is 1. The molecule has 2 atom stereocenters. The average molecular weight is 267 g/mol. The van der Waals surface area contributed by atoms with Crippen molar-refractivity contribution in [1.82, 2.24) is 14.5 Å². The first-order chi connectivity index (χ1) is 9.22. The van der Waals surface area contributed by atoms with Crippen molar-refractivity contribution in [3.05, 3.63) is 18.7 Å². The Morgan fingerprint density at radius 2 is 2.37 bits per heavy atom. The molecule has 1 aliphatic rings. The first kappa shape index (κ1) is 14.0. The van der Waals surface area contributed by atoms with Crippen molar-refractivity contribution in [2.75, 3.05) is 20.2 Å². The number of esters is 1. The highest BCUT2D eigenvalue weighted by Gasteiger charge is 2.36. The van der Waals surface area contributed by atoms with Crippen LogP contribution in [0.15, 0.2) is 18.7 Å². The van der Waals surface area contributed by atoms with Gasteiger partial charge in [-0.1, -0.05) is 0 Å². The van der Waals surface area contributed by atoms with Crippen LogP contribution in [0.5, 0.6) is 0 Å². The lowest BCUT2D eigenvalue weighted by Crippen LogP contribution is -2.53. The molecular formula is C13H21N3O3. The maximum atomic E-state index is 11.7. The fourth-order valence-corrected chi connectivity index (χ4v) is 2.60. The molecule has 0 unspecified atom stereocenters. The lowest BCUT2D eigenvalue weighted by molar-refractivity contribution is -0.154. The second-order valence-corrected chi connectivity index (χ2v) is 4.87. The van der Waals surface area contributed by atoms with Gasteiger partial charge in [0.05, 0.1) is 19.5 Å². The van der Waals surface area contributed by atoms with Crippen molar-refractivity contribution in [3.63, 3.8) is 0 Å². The van der Waals surface area contributed by atoms with Crippen molar-refractivity contribution < 1.29 is 14.6 Å². The van der Waals surface area contributed by atoms with Gasteiger partial charge in [-0.2, -0.15) is 0 Å². The number of carbonyl (C=O) groups is 1. The van der Waals surface area contributed by atoms with Gasteiger partial charge >= 0.3 is 5.97 Å². The summed E-state index contributed by atoms with van der Waals surface area (Å²) in [7, 11) is 1.37. The number of nitrogens with zero attached hydrogens (tertiary/aromatic N) is 3. The van der Waals surface area contributed by atoms with Crippen LogP contribution in [0.2, 0.25) is 0 Å². The van der Waals surface area contributed by atoms with Crippen LogP contribution in [-0.2, 0) is 16.1 Å². The number of aliphatic hydroxyl groups is 1. The second-order valence-electron chi connectivity index (χ2n) is 4.87. The molecular weight excluding hydrogens is 246 g/mol. The topological polar surface area (TPSA) is 67.6 Å². The minimum absolute atomic E-state index is 0.338. The maximum absolute atomic E-state index is 11.7. The molecule has 6 nitrogen and oxygen atoms in total. The molecule has 0 radical (unpaired) electrons. The molecule has 1 aromatic heterocycles. The number of carbonyl (C=O) groups excluding carboxylic acids is 1. The Morgan fingerprint density at radius 3 is 3.05 bits per heavy atom. The quantitative estimate of drug-likeness (QED) is 0.776. The highest BCUT2D eigenvalue weighted by Crippen LogP contribution is 2.19. The van der Waals surface area contributed by atoms with Gasteiger partial charge in [0, 0.05) is 25.5 Å². The zero-order valence-corrected chi connectivity index (χ0v) is 11.2. The van der Waals surface area contributed by atoms with E-state index in [1.807, 2.05) is 15.7 Å². The van der Waals surface area contributed by atoms with Crippen LogP contribution >= 0.6 is 0 Å². The highest BCUT2D eigenvalue weighted by molar-refractivity contribution is 5.76. The summed E-state index contributed by atoms with van der Waals surface area (Å²) in [6, 6.07) is -0.512. The number of hydrogen-bond donors (Lipinski definition) is 1. The largest absolute Gasteiger partial charge is 0.468 e. The average Bonchev–Trinajstić information content (AvgIpc) is 2.91. The van der Waals surface area contributed by atoms with Gasteiger partial charge in [0.15, 0.2) is 0 Å². The number of ether oxygens (including phenoxy) is 1. The van der Waals surface area contributed by atoms with Gasteiger partial charge in [0.1, 0.15) is 6.04 Å². The van der Waals surface area contributed by atoms with Gasteiger partial charge in [-0.15, -0.1) is 0 Å². The molecule has 1 fully saturated rings. The van der Waals surface area contributed by atoms with E-state index < -0.39 is 12.1 Å². The third-order valence-electron chi connectivity index (χ3n) is 3.57. The summed E-state index contributed by atoms with van der Waals surface area (Å²) in [4.78, 5) is 17.8. The van der Waals surface area contributed by atoms with Crippen molar-refractivity contribution in [2.45, 2.75) is 38.0 Å². The van der Waals surface area contributed by atoms with E-state index in [1.165, 1.54) is 7.11 Å². The first-order valence-electron chi connectivity index (χ1n) is 6.68. The number of methoxy groups -OCH3 is 1. The first-order valence-corrected chi connectivity index (χ1v) is 6.68. The molecule has 106 valence electrons. The minimum Gasteiger partial charge on any atom is -0.468 e. The molecule has 1 N–H and O–H groups in total. The summed E-state index contributed by atoms with van der Waals surface area (Å²) in [6.07, 6.45) is 7.33. The van der Waals surface area contributed by atoms with Crippen LogP contribution in [0.3, 0.4) is 0 Å². The van der Waals surface area contributed by atoms with E-state index in [-0.39, 0.29) is 5.97 Å². The molecule has 1 aliphatic heterocycles. The lowest BCUT2D eigenvalue weighted by Gasteiger charge is -2.37. The molecule has 1 aromatic rings. The molecule has 2 heterocycles. The molecule has 0 spiro atoms. The van der Waals surface area contributed by atoms with E-state index in [1.54, 1.807) is 12.5 Å². The molecule has 0 aliphatic carbocycles. The summed E-state index contributed by atoms with van der Waals surface area (Å²) >= 11 is 0. The Hall–Kier alpha value is -1.40. The maximum Gasteiger partial charge on any atom is 0.325 e. The predicted octanol–water partition coefficient (Wildman–Crippen LogP) is 0.271. The summed E-state index contributed by atoms with van der Waals surface area (Å²) in [5, 5.41) is 9.97. The van der Waals surface area contributed by atoms with Gasteiger partial charge in [-0.25, -0.2) is 4.98 Å². The third-order valence-corrected chi connectivity index (χ3v) is 3.57. The van der Waals surface area contributed by atoms with Crippen molar-refractivity contribution in [1.29, 1.82) is 0 Å². The summed E-state index contributed by atoms with van der Waals surface area (Å²) < 4.78 is 6.79. The number of hydrogen-bond acceptors (Lipinski definition) is 5. The van der Waals surface area contributed by atoms with E-state index in [2.05, 4.69) is 4.98 Å². The summed E-state index contributed by atoms with van der Waals surface area (Å²) in [6.45, 7) is 2.47. The van der Waals surface area contributed by atoms with Crippen LogP contribution in [-0.4, -0.2) is 57.9 Å². The minimum atomic E-state index is -0.616. The molecule has 0 amide bonds. The van der Waals surface area contributed by atoms with Gasteiger partial charge in [-0.05, 0) is 25.8 Å². The fourth-order valence-electron chi connectivity index (χ4n) is 2.60. The van der Waals surface area contributed by atoms with E-state index in [9.17, 15) is 9.90 Å². The Balaban J connectivity index is 1.87. The Labute approximate surface area is 113 Å². The molecule has 0 aromatic carbocycles. The van der Waals surface area contributed by atoms with Gasteiger partial charge in [0.2, 0.25) is 0 Å². The van der Waals surface area contributed by atoms with E-state index >= 15 is 0 Å². The fraction of sp³-hybridized carbons (Fsp3) is 0.692. The number of aromatic nitrogens is 2. The normalized spacial score (nSPS) is 24.3. The second kappa shape index (κ2) is 6.68. The smallest absolute Gasteiger partial charge is 0.325 e. The van der Waals surface area contributed by atoms with E-state index in [0.717, 1.165) is 32.5 Å². The Bertz CT molecular complexity index is 394. The van der Waals surface area contributed by atoms with Crippen LogP contribution < -0.4 is 0 Å². The zero-order chi connectivity index (χ0) is 13.7. The number of likely N-dealkylation sites (tertiary alicyclic amines) is 1. The molecule has 1 saturated heterocycles. The molecule has 19 heavy (non-hydrogen) atoms. The standard InChI is InChI=1S/C13H21N3O3/c1-19-13(18)12-11(17)4-2-7-16(12)8-3-6-15-9-5-14-10-15/h5,9-12,17H,2-4,6-8H2,1H3/t11-,12+/m1/s1. The molecule has 6 heteroatoms. The number of imidazole rings is 1. The van der Waals surface area contributed by atoms with Crippen LogP contribution in [0.4, 0.5) is 0 Å². The molecule has 0 bridgehead atoms. The van der Waals surface area contributed by atoms with E-state index in [0.29, 0.717) is 6.42 Å². The van der Waals surface area contributed by atoms with Crippen molar-refractivity contribution >= 4 is 5.97 Å². The Morgan fingerprint density at radius 1 is 1.53 bits per heavy atom. The van der Waals surface area contributed by atoms with Crippen LogP contribution in [0.25, 0.3) is 0 Å². The number of rotatable bonds is 5. The summed E-state index contributed by atoms with van der Waals surface area (Å²) in [5.41, 5.74) is 0. The van der Waals surface area contributed by atoms with Gasteiger partial charge < -0.3 is 14.4 Å². The Kier molecular flexibility index (Phi) is 4.93. The van der Waals surface area contributed by atoms with Crippen LogP contribution in [0.1, 0.15) is 19.3 Å². The van der Waals surface area contributed by atoms with Gasteiger partial charge in [0.25, 0.3) is 0 Å². The molecule has 0 saturated carbocycles. The van der Waals surface area contributed by atoms with E-state index in [4.69, 9.17) is 4.74 Å². The third kappa shape index (κ3) is 3.54. The SMILES string of the molecule is COC(=O)[C@@H]1[C@H](O)CCCN1CCCn1ccnc1. The van der Waals surface area contributed by atoms with Gasteiger partial charge in [-0.3, -0.25) is 9.69 Å². The predicted molar refractivity (Wildman–Crippen MR) is 69.5 cm³/mol. The lowest BCUT2D eigenvalue weighted by atomic mass is 9.98.